The zero-order chi connectivity index (χ0) is 21.4. The summed E-state index contributed by atoms with van der Waals surface area (Å²) in [6.07, 6.45) is 2.26. The van der Waals surface area contributed by atoms with Gasteiger partial charge in [-0.15, -0.1) is 0 Å². The lowest BCUT2D eigenvalue weighted by Crippen LogP contribution is -2.34. The first-order valence-corrected chi connectivity index (χ1v) is 9.89. The number of ether oxygens (including phenoxy) is 1. The molecule has 0 atom stereocenters. The molecule has 1 aliphatic carbocycles. The van der Waals surface area contributed by atoms with Crippen LogP contribution in [-0.4, -0.2) is 19.0 Å². The maximum atomic E-state index is 12.7. The molecule has 1 N–H and O–H groups in total. The lowest BCUT2D eigenvalue weighted by Gasteiger charge is -2.42. The van der Waals surface area contributed by atoms with Gasteiger partial charge in [-0.25, -0.2) is 4.79 Å². The number of rotatable bonds is 4. The number of anilines is 1. The van der Waals surface area contributed by atoms with Crippen molar-refractivity contribution >= 4 is 23.1 Å². The number of esters is 1. The van der Waals surface area contributed by atoms with E-state index in [0.717, 1.165) is 18.4 Å². The van der Waals surface area contributed by atoms with Gasteiger partial charge in [0.05, 0.1) is 12.7 Å². The largest absolute Gasteiger partial charge is 0.465 e. The molecule has 0 unspecified atom stereocenters. The molecule has 152 valence electrons. The molecule has 0 saturated heterocycles. The minimum Gasteiger partial charge on any atom is -0.465 e. The Kier molecular flexibility index (Phi) is 5.40. The van der Waals surface area contributed by atoms with E-state index in [0.29, 0.717) is 16.8 Å². The number of fused-ring (bicyclic) bond motifs is 1. The molecule has 0 radical (unpaired) electrons. The number of hydrogen-bond acceptors (Lipinski definition) is 3. The third-order valence-electron chi connectivity index (χ3n) is 6.04. The number of amides is 1. The minimum atomic E-state index is -0.410. The van der Waals surface area contributed by atoms with Crippen molar-refractivity contribution in [3.8, 4) is 0 Å². The summed E-state index contributed by atoms with van der Waals surface area (Å²) in [4.78, 5) is 24.3. The zero-order valence-electron chi connectivity index (χ0n) is 17.9. The molecule has 0 bridgehead atoms. The van der Waals surface area contributed by atoms with E-state index < -0.39 is 5.97 Å². The van der Waals surface area contributed by atoms with E-state index >= 15 is 0 Å². The number of carbonyl (C=O) groups excluding carboxylic acids is 2. The second kappa shape index (κ2) is 7.51. The van der Waals surface area contributed by atoms with Gasteiger partial charge in [0.1, 0.15) is 0 Å². The molecule has 2 aromatic carbocycles. The molecule has 4 heteroatoms. The predicted molar refractivity (Wildman–Crippen MR) is 117 cm³/mol. The van der Waals surface area contributed by atoms with Gasteiger partial charge in [-0.1, -0.05) is 52.5 Å². The highest BCUT2D eigenvalue weighted by Gasteiger charge is 2.37. The Bertz CT molecular complexity index is 968. The van der Waals surface area contributed by atoms with Crippen molar-refractivity contribution in [1.29, 1.82) is 0 Å². The molecular formula is C25H29NO3. The van der Waals surface area contributed by atoms with Crippen LogP contribution in [0.3, 0.4) is 0 Å². The van der Waals surface area contributed by atoms with E-state index in [9.17, 15) is 9.59 Å². The maximum Gasteiger partial charge on any atom is 0.337 e. The average molecular weight is 392 g/mol. The standard InChI is InChI=1S/C25H29NO3/c1-16(22(27)26-19-10-7-17(8-11-19)23(28)29-6)18-9-12-20-21(15-18)25(4,5)14-13-24(20,2)3/h7-12,15H,1,13-14H2,2-6H3,(H,26,27). The molecule has 0 fully saturated rings. The molecule has 0 saturated carbocycles. The van der Waals surface area contributed by atoms with E-state index in [4.69, 9.17) is 0 Å². The van der Waals surface area contributed by atoms with Gasteiger partial charge in [-0.05, 0) is 64.6 Å². The molecule has 3 rings (SSSR count). The van der Waals surface area contributed by atoms with Crippen LogP contribution in [-0.2, 0) is 20.4 Å². The Morgan fingerprint density at radius 1 is 0.897 bits per heavy atom. The van der Waals surface area contributed by atoms with E-state index in [1.165, 1.54) is 18.2 Å². The van der Waals surface area contributed by atoms with Gasteiger partial charge in [0.2, 0.25) is 0 Å². The van der Waals surface area contributed by atoms with Crippen molar-refractivity contribution in [3.05, 3.63) is 71.3 Å². The van der Waals surface area contributed by atoms with Crippen molar-refractivity contribution in [2.45, 2.75) is 51.4 Å². The fourth-order valence-electron chi connectivity index (χ4n) is 3.92. The number of nitrogens with one attached hydrogen (secondary N) is 1. The lowest BCUT2D eigenvalue weighted by atomic mass is 9.63. The maximum absolute atomic E-state index is 12.7. The van der Waals surface area contributed by atoms with Crippen LogP contribution in [0.4, 0.5) is 5.69 Å². The summed E-state index contributed by atoms with van der Waals surface area (Å²) < 4.78 is 4.69. The van der Waals surface area contributed by atoms with Crippen molar-refractivity contribution in [1.82, 2.24) is 0 Å². The third kappa shape index (κ3) is 4.12. The smallest absolute Gasteiger partial charge is 0.337 e. The fraction of sp³-hybridized carbons (Fsp3) is 0.360. The number of carbonyl (C=O) groups is 2. The summed E-state index contributed by atoms with van der Waals surface area (Å²) in [7, 11) is 1.34. The Labute approximate surface area is 173 Å². The highest BCUT2D eigenvalue weighted by atomic mass is 16.5. The Hall–Kier alpha value is -2.88. The van der Waals surface area contributed by atoms with Gasteiger partial charge in [0.25, 0.3) is 5.91 Å². The van der Waals surface area contributed by atoms with Crippen LogP contribution in [0, 0.1) is 0 Å². The Morgan fingerprint density at radius 2 is 1.45 bits per heavy atom. The lowest BCUT2D eigenvalue weighted by molar-refractivity contribution is -0.111. The van der Waals surface area contributed by atoms with Crippen molar-refractivity contribution in [2.75, 3.05) is 12.4 Å². The molecule has 0 aromatic heterocycles. The molecular weight excluding hydrogens is 362 g/mol. The molecule has 4 nitrogen and oxygen atoms in total. The highest BCUT2D eigenvalue weighted by molar-refractivity contribution is 6.24. The molecule has 0 spiro atoms. The summed E-state index contributed by atoms with van der Waals surface area (Å²) >= 11 is 0. The third-order valence-corrected chi connectivity index (χ3v) is 6.04. The second-order valence-electron chi connectivity index (χ2n) is 9.03. The van der Waals surface area contributed by atoms with Crippen LogP contribution in [0.25, 0.3) is 5.57 Å². The van der Waals surface area contributed by atoms with E-state index in [-0.39, 0.29) is 16.7 Å². The summed E-state index contributed by atoms with van der Waals surface area (Å²) in [6, 6.07) is 12.9. The van der Waals surface area contributed by atoms with E-state index in [2.05, 4.69) is 56.5 Å². The number of methoxy groups -OCH3 is 1. The molecule has 0 aliphatic heterocycles. The molecule has 29 heavy (non-hydrogen) atoms. The fourth-order valence-corrected chi connectivity index (χ4v) is 3.92. The SMILES string of the molecule is C=C(C(=O)Nc1ccc(C(=O)OC)cc1)c1ccc2c(c1)C(C)(C)CCC2(C)C. The van der Waals surface area contributed by atoms with Crippen LogP contribution in [0.5, 0.6) is 0 Å². The van der Waals surface area contributed by atoms with Crippen LogP contribution >= 0.6 is 0 Å². The van der Waals surface area contributed by atoms with Gasteiger partial charge < -0.3 is 10.1 Å². The topological polar surface area (TPSA) is 55.4 Å². The minimum absolute atomic E-state index is 0.0708. The zero-order valence-corrected chi connectivity index (χ0v) is 17.9. The summed E-state index contributed by atoms with van der Waals surface area (Å²) in [5.41, 5.74) is 5.14. The monoisotopic (exact) mass is 391 g/mol. The van der Waals surface area contributed by atoms with Gasteiger partial charge in [-0.3, -0.25) is 4.79 Å². The summed E-state index contributed by atoms with van der Waals surface area (Å²) in [5, 5.41) is 2.85. The first kappa shape index (κ1) is 20.8. The normalized spacial score (nSPS) is 16.4. The Balaban J connectivity index is 1.82. The molecule has 0 heterocycles. The summed E-state index contributed by atoms with van der Waals surface area (Å²) in [6.45, 7) is 13.1. The first-order valence-electron chi connectivity index (χ1n) is 9.89. The van der Waals surface area contributed by atoms with E-state index in [1.807, 2.05) is 6.07 Å². The van der Waals surface area contributed by atoms with Gasteiger partial charge in [0.15, 0.2) is 0 Å². The second-order valence-corrected chi connectivity index (χ2v) is 9.03. The molecule has 1 aliphatic rings. The number of hydrogen-bond donors (Lipinski definition) is 1. The van der Waals surface area contributed by atoms with Crippen molar-refractivity contribution in [3.63, 3.8) is 0 Å². The average Bonchev–Trinajstić information content (AvgIpc) is 2.70. The summed E-state index contributed by atoms with van der Waals surface area (Å²) in [5.74, 6) is -0.671. The number of benzene rings is 2. The van der Waals surface area contributed by atoms with Crippen LogP contribution in [0.15, 0.2) is 49.0 Å². The predicted octanol–water partition coefficient (Wildman–Crippen LogP) is 5.47. The quantitative estimate of drug-likeness (QED) is 0.555. The van der Waals surface area contributed by atoms with Crippen molar-refractivity contribution < 1.29 is 14.3 Å². The van der Waals surface area contributed by atoms with Crippen LogP contribution in [0.1, 0.15) is 67.6 Å². The molecule has 2 aromatic rings. The van der Waals surface area contributed by atoms with Gasteiger partial charge >= 0.3 is 5.97 Å². The van der Waals surface area contributed by atoms with E-state index in [1.54, 1.807) is 24.3 Å². The van der Waals surface area contributed by atoms with Crippen LogP contribution < -0.4 is 5.32 Å². The van der Waals surface area contributed by atoms with Crippen LogP contribution in [0.2, 0.25) is 0 Å². The van der Waals surface area contributed by atoms with Gasteiger partial charge in [0, 0.05) is 11.3 Å². The first-order chi connectivity index (χ1) is 13.5. The Morgan fingerprint density at radius 3 is 2.03 bits per heavy atom. The molecule has 1 amide bonds. The van der Waals surface area contributed by atoms with Crippen molar-refractivity contribution in [2.24, 2.45) is 0 Å². The van der Waals surface area contributed by atoms with Gasteiger partial charge in [-0.2, -0.15) is 0 Å². The highest BCUT2D eigenvalue weighted by Crippen LogP contribution is 2.46.